The van der Waals surface area contributed by atoms with Gasteiger partial charge in [-0.2, -0.15) is 0 Å². The molecule has 0 bridgehead atoms. The van der Waals surface area contributed by atoms with Crippen LogP contribution in [-0.2, 0) is 5.88 Å². The van der Waals surface area contributed by atoms with E-state index >= 15 is 0 Å². The van der Waals surface area contributed by atoms with Crippen LogP contribution in [0.25, 0.3) is 0 Å². The van der Waals surface area contributed by atoms with Crippen molar-refractivity contribution >= 4 is 11.6 Å². The van der Waals surface area contributed by atoms with Gasteiger partial charge in [-0.25, -0.2) is 4.98 Å². The highest BCUT2D eigenvalue weighted by Gasteiger charge is 2.15. The topological polar surface area (TPSA) is 35.0 Å². The van der Waals surface area contributed by atoms with Crippen molar-refractivity contribution in [2.75, 3.05) is 6.61 Å². The third-order valence-corrected chi connectivity index (χ3v) is 3.01. The van der Waals surface area contributed by atoms with E-state index in [0.29, 0.717) is 17.7 Å². The molecule has 15 heavy (non-hydrogen) atoms. The lowest BCUT2D eigenvalue weighted by Gasteiger charge is -2.10. The first kappa shape index (κ1) is 10.7. The maximum Gasteiger partial charge on any atom is 0.232 e. The fourth-order valence-electron chi connectivity index (χ4n) is 1.90. The fourth-order valence-corrected chi connectivity index (χ4v) is 2.03. The molecule has 1 aromatic rings. The van der Waals surface area contributed by atoms with Crippen LogP contribution in [0.4, 0.5) is 0 Å². The fraction of sp³-hybridized carbons (Fsp3) is 0.636. The van der Waals surface area contributed by atoms with Crippen molar-refractivity contribution in [1.29, 1.82) is 0 Å². The Balaban J connectivity index is 1.86. The minimum absolute atomic E-state index is 0.383. The first-order valence-corrected chi connectivity index (χ1v) is 5.91. The Morgan fingerprint density at radius 2 is 2.13 bits per heavy atom. The molecule has 0 unspecified atom stereocenters. The standard InChI is InChI=1S/C11H15ClN2O/c12-5-10-6-13-7-11(14-10)15-8-9-3-1-2-4-9/h6-7,9H,1-5,8H2. The van der Waals surface area contributed by atoms with E-state index < -0.39 is 0 Å². The highest BCUT2D eigenvalue weighted by Crippen LogP contribution is 2.25. The molecule has 1 saturated carbocycles. The average molecular weight is 227 g/mol. The van der Waals surface area contributed by atoms with E-state index in [2.05, 4.69) is 9.97 Å². The number of rotatable bonds is 4. The lowest BCUT2D eigenvalue weighted by atomic mass is 10.1. The predicted octanol–water partition coefficient (Wildman–Crippen LogP) is 2.78. The van der Waals surface area contributed by atoms with Gasteiger partial charge in [0.1, 0.15) is 0 Å². The molecule has 0 N–H and O–H groups in total. The van der Waals surface area contributed by atoms with Crippen molar-refractivity contribution in [3.8, 4) is 5.88 Å². The number of hydrogen-bond acceptors (Lipinski definition) is 3. The summed E-state index contributed by atoms with van der Waals surface area (Å²) >= 11 is 5.67. The maximum atomic E-state index is 5.67. The van der Waals surface area contributed by atoms with Gasteiger partial charge < -0.3 is 4.74 Å². The van der Waals surface area contributed by atoms with Crippen LogP contribution in [-0.4, -0.2) is 16.6 Å². The number of alkyl halides is 1. The lowest BCUT2D eigenvalue weighted by molar-refractivity contribution is 0.242. The highest BCUT2D eigenvalue weighted by atomic mass is 35.5. The molecule has 1 heterocycles. The van der Waals surface area contributed by atoms with Gasteiger partial charge in [0.25, 0.3) is 0 Å². The average Bonchev–Trinajstić information content (AvgIpc) is 2.79. The molecule has 2 rings (SSSR count). The van der Waals surface area contributed by atoms with Gasteiger partial charge in [0, 0.05) is 6.20 Å². The maximum absolute atomic E-state index is 5.67. The zero-order chi connectivity index (χ0) is 10.5. The molecule has 0 aromatic carbocycles. The zero-order valence-corrected chi connectivity index (χ0v) is 9.41. The van der Waals surface area contributed by atoms with Gasteiger partial charge in [0.15, 0.2) is 0 Å². The molecule has 0 saturated heterocycles. The summed E-state index contributed by atoms with van der Waals surface area (Å²) in [6.07, 6.45) is 8.54. The van der Waals surface area contributed by atoms with Crippen LogP contribution in [0.5, 0.6) is 5.88 Å². The van der Waals surface area contributed by atoms with Crippen LogP contribution in [0.2, 0.25) is 0 Å². The van der Waals surface area contributed by atoms with Gasteiger partial charge in [-0.1, -0.05) is 12.8 Å². The number of aromatic nitrogens is 2. The van der Waals surface area contributed by atoms with Crippen LogP contribution in [0, 0.1) is 5.92 Å². The highest BCUT2D eigenvalue weighted by molar-refractivity contribution is 6.16. The predicted molar refractivity (Wildman–Crippen MR) is 59.0 cm³/mol. The summed E-state index contributed by atoms with van der Waals surface area (Å²) in [5.74, 6) is 1.68. The number of hydrogen-bond donors (Lipinski definition) is 0. The molecule has 0 amide bonds. The zero-order valence-electron chi connectivity index (χ0n) is 8.66. The second kappa shape index (κ2) is 5.31. The number of halogens is 1. The third kappa shape index (κ3) is 3.06. The smallest absolute Gasteiger partial charge is 0.232 e. The van der Waals surface area contributed by atoms with Crippen molar-refractivity contribution in [1.82, 2.24) is 9.97 Å². The first-order valence-electron chi connectivity index (χ1n) is 5.38. The van der Waals surface area contributed by atoms with Gasteiger partial charge in [-0.15, -0.1) is 11.6 Å². The van der Waals surface area contributed by atoms with Crippen LogP contribution in [0.1, 0.15) is 31.4 Å². The molecule has 1 fully saturated rings. The van der Waals surface area contributed by atoms with Gasteiger partial charge in [-0.3, -0.25) is 4.98 Å². The third-order valence-electron chi connectivity index (χ3n) is 2.74. The molecular formula is C11H15ClN2O. The summed E-state index contributed by atoms with van der Waals surface area (Å²) < 4.78 is 5.60. The van der Waals surface area contributed by atoms with E-state index in [1.54, 1.807) is 12.4 Å². The molecule has 0 radical (unpaired) electrons. The summed E-state index contributed by atoms with van der Waals surface area (Å²) in [5.41, 5.74) is 0.764. The van der Waals surface area contributed by atoms with E-state index in [4.69, 9.17) is 16.3 Å². The monoisotopic (exact) mass is 226 g/mol. The largest absolute Gasteiger partial charge is 0.476 e. The second-order valence-electron chi connectivity index (χ2n) is 3.94. The summed E-state index contributed by atoms with van der Waals surface area (Å²) in [4.78, 5) is 8.26. The van der Waals surface area contributed by atoms with E-state index in [-0.39, 0.29) is 0 Å². The molecule has 1 aliphatic carbocycles. The van der Waals surface area contributed by atoms with Gasteiger partial charge in [0.2, 0.25) is 5.88 Å². The summed E-state index contributed by atoms with van der Waals surface area (Å²) in [7, 11) is 0. The van der Waals surface area contributed by atoms with E-state index in [9.17, 15) is 0 Å². The minimum Gasteiger partial charge on any atom is -0.476 e. The Hall–Kier alpha value is -0.830. The van der Waals surface area contributed by atoms with Crippen molar-refractivity contribution in [3.05, 3.63) is 18.1 Å². The minimum atomic E-state index is 0.383. The Morgan fingerprint density at radius 1 is 1.33 bits per heavy atom. The van der Waals surface area contributed by atoms with E-state index in [0.717, 1.165) is 12.3 Å². The molecule has 0 spiro atoms. The summed E-state index contributed by atoms with van der Waals surface area (Å²) in [6, 6.07) is 0. The Labute approximate surface area is 94.8 Å². The lowest BCUT2D eigenvalue weighted by Crippen LogP contribution is -2.09. The molecular weight excluding hydrogens is 212 g/mol. The molecule has 4 heteroatoms. The Morgan fingerprint density at radius 3 is 2.87 bits per heavy atom. The summed E-state index contributed by atoms with van der Waals surface area (Å²) in [6.45, 7) is 0.764. The SMILES string of the molecule is ClCc1cncc(OCC2CCCC2)n1. The van der Waals surface area contributed by atoms with Crippen molar-refractivity contribution < 1.29 is 4.74 Å². The first-order chi connectivity index (χ1) is 7.38. The van der Waals surface area contributed by atoms with E-state index in [1.165, 1.54) is 25.7 Å². The van der Waals surface area contributed by atoms with E-state index in [1.807, 2.05) is 0 Å². The van der Waals surface area contributed by atoms with Gasteiger partial charge in [0.05, 0.1) is 24.4 Å². The van der Waals surface area contributed by atoms with Crippen LogP contribution >= 0.6 is 11.6 Å². The number of ether oxygens (including phenoxy) is 1. The van der Waals surface area contributed by atoms with Crippen molar-refractivity contribution in [2.24, 2.45) is 5.92 Å². The Bertz CT molecular complexity index is 313. The van der Waals surface area contributed by atoms with Crippen molar-refractivity contribution in [3.63, 3.8) is 0 Å². The normalized spacial score (nSPS) is 16.9. The van der Waals surface area contributed by atoms with Crippen LogP contribution in [0.3, 0.4) is 0 Å². The van der Waals surface area contributed by atoms with Crippen LogP contribution in [0.15, 0.2) is 12.4 Å². The molecule has 3 nitrogen and oxygen atoms in total. The van der Waals surface area contributed by atoms with Crippen molar-refractivity contribution in [2.45, 2.75) is 31.6 Å². The molecule has 82 valence electrons. The Kier molecular flexibility index (Phi) is 3.78. The van der Waals surface area contributed by atoms with Crippen LogP contribution < -0.4 is 4.74 Å². The second-order valence-corrected chi connectivity index (χ2v) is 4.21. The molecule has 1 aromatic heterocycles. The molecule has 0 atom stereocenters. The number of nitrogens with zero attached hydrogens (tertiary/aromatic N) is 2. The molecule has 1 aliphatic rings. The van der Waals surface area contributed by atoms with Gasteiger partial charge >= 0.3 is 0 Å². The summed E-state index contributed by atoms with van der Waals surface area (Å²) in [5, 5.41) is 0. The quantitative estimate of drug-likeness (QED) is 0.741. The van der Waals surface area contributed by atoms with Gasteiger partial charge in [-0.05, 0) is 18.8 Å². The molecule has 0 aliphatic heterocycles.